The zero-order valence-electron chi connectivity index (χ0n) is 21.5. The minimum Gasteiger partial charge on any atom is -0.496 e. The molecule has 11 heteroatoms. The molecule has 0 N–H and O–H groups in total. The van der Waals surface area contributed by atoms with Gasteiger partial charge in [-0.15, -0.1) is 0 Å². The van der Waals surface area contributed by atoms with Gasteiger partial charge in [0.25, 0.3) is 5.56 Å². The van der Waals surface area contributed by atoms with E-state index in [9.17, 15) is 9.59 Å². The Morgan fingerprint density at radius 2 is 1.87 bits per heavy atom. The Hall–Kier alpha value is -2.64. The summed E-state index contributed by atoms with van der Waals surface area (Å²) in [6.07, 6.45) is 1.82. The molecule has 38 heavy (non-hydrogen) atoms. The van der Waals surface area contributed by atoms with Crippen molar-refractivity contribution < 1.29 is 23.7 Å². The third-order valence-corrected chi connectivity index (χ3v) is 8.38. The molecule has 3 aromatic rings. The first-order chi connectivity index (χ1) is 18.2. The number of carbonyl (C=O) groups excluding carboxylic acids is 1. The Morgan fingerprint density at radius 1 is 1.13 bits per heavy atom. The minimum absolute atomic E-state index is 0.191. The molecule has 0 saturated carbocycles. The SMILES string of the molecule is CCOC(=O)C1=C(C)N=c2s/c(=C/c3ccc(OC)c(I)c3)c(=O)n2[C@H]1c1cc(OC)c(OCC)cc1Br. The quantitative estimate of drug-likeness (QED) is 0.251. The summed E-state index contributed by atoms with van der Waals surface area (Å²) in [6, 6.07) is 8.46. The molecule has 0 spiro atoms. The number of hydrogen-bond donors (Lipinski definition) is 0. The second kappa shape index (κ2) is 12.0. The predicted molar refractivity (Wildman–Crippen MR) is 158 cm³/mol. The molecule has 8 nitrogen and oxygen atoms in total. The molecule has 200 valence electrons. The molecule has 1 aliphatic rings. The molecule has 0 fully saturated rings. The van der Waals surface area contributed by atoms with Gasteiger partial charge in [0, 0.05) is 4.47 Å². The molecule has 2 heterocycles. The number of methoxy groups -OCH3 is 2. The van der Waals surface area contributed by atoms with Crippen LogP contribution in [-0.2, 0) is 9.53 Å². The monoisotopic (exact) mass is 712 g/mol. The Morgan fingerprint density at radius 3 is 2.50 bits per heavy atom. The zero-order chi connectivity index (χ0) is 27.6. The molecule has 1 aliphatic heterocycles. The summed E-state index contributed by atoms with van der Waals surface area (Å²) < 4.78 is 25.7. The molecule has 1 aromatic heterocycles. The maximum Gasteiger partial charge on any atom is 0.338 e. The standard InChI is InChI=1S/C27H26BrIN2O6S/c1-6-36-21-13-17(28)16(12-20(21)35-5)24-23(26(33)37-7-2)14(3)30-27-31(24)25(32)22(38-27)11-15-8-9-19(34-4)18(29)10-15/h8-13,24H,6-7H2,1-5H3/b22-11+/t24-/m0/s1. The van der Waals surface area contributed by atoms with Crippen molar-refractivity contribution >= 4 is 61.9 Å². The van der Waals surface area contributed by atoms with Crippen LogP contribution in [0.25, 0.3) is 6.08 Å². The highest BCUT2D eigenvalue weighted by Gasteiger charge is 2.35. The van der Waals surface area contributed by atoms with Gasteiger partial charge in [0.2, 0.25) is 0 Å². The van der Waals surface area contributed by atoms with E-state index in [0.717, 1.165) is 14.9 Å². The second-order valence-electron chi connectivity index (χ2n) is 8.15. The number of thiazole rings is 1. The number of ether oxygens (including phenoxy) is 4. The summed E-state index contributed by atoms with van der Waals surface area (Å²) in [6.45, 7) is 6.02. The van der Waals surface area contributed by atoms with Gasteiger partial charge in [0.05, 0.1) is 52.8 Å². The molecule has 0 aliphatic carbocycles. The van der Waals surface area contributed by atoms with Gasteiger partial charge in [-0.05, 0) is 84.8 Å². The van der Waals surface area contributed by atoms with Crippen molar-refractivity contribution in [1.29, 1.82) is 0 Å². The molecule has 0 unspecified atom stereocenters. The van der Waals surface area contributed by atoms with E-state index in [4.69, 9.17) is 18.9 Å². The number of esters is 1. The first-order valence-corrected chi connectivity index (χ1v) is 14.5. The van der Waals surface area contributed by atoms with E-state index in [0.29, 0.717) is 43.2 Å². The van der Waals surface area contributed by atoms with Gasteiger partial charge < -0.3 is 18.9 Å². The summed E-state index contributed by atoms with van der Waals surface area (Å²) in [4.78, 5) is 32.2. The number of halogens is 2. The summed E-state index contributed by atoms with van der Waals surface area (Å²) in [5, 5.41) is 0. The Balaban J connectivity index is 1.98. The smallest absolute Gasteiger partial charge is 0.338 e. The van der Waals surface area contributed by atoms with E-state index in [1.165, 1.54) is 11.3 Å². The van der Waals surface area contributed by atoms with E-state index < -0.39 is 12.0 Å². The molecular weight excluding hydrogens is 687 g/mol. The lowest BCUT2D eigenvalue weighted by Crippen LogP contribution is -2.40. The minimum atomic E-state index is -0.789. The van der Waals surface area contributed by atoms with Crippen LogP contribution in [-0.4, -0.2) is 38.0 Å². The highest BCUT2D eigenvalue weighted by molar-refractivity contribution is 14.1. The van der Waals surface area contributed by atoms with Crippen LogP contribution in [0.15, 0.2) is 55.9 Å². The largest absolute Gasteiger partial charge is 0.496 e. The maximum atomic E-state index is 13.9. The summed E-state index contributed by atoms with van der Waals surface area (Å²) in [5.74, 6) is 1.26. The summed E-state index contributed by atoms with van der Waals surface area (Å²) in [7, 11) is 3.16. The molecule has 2 aromatic carbocycles. The first kappa shape index (κ1) is 28.4. The van der Waals surface area contributed by atoms with E-state index in [2.05, 4.69) is 43.5 Å². The topological polar surface area (TPSA) is 88.4 Å². The summed E-state index contributed by atoms with van der Waals surface area (Å²) in [5.41, 5.74) is 2.01. The van der Waals surface area contributed by atoms with Crippen molar-refractivity contribution in [3.05, 3.63) is 80.5 Å². The van der Waals surface area contributed by atoms with Gasteiger partial charge >= 0.3 is 5.97 Å². The lowest BCUT2D eigenvalue weighted by Gasteiger charge is -2.26. The fraction of sp³-hybridized carbons (Fsp3) is 0.296. The third kappa shape index (κ3) is 5.41. The molecule has 4 rings (SSSR count). The average Bonchev–Trinajstić information content (AvgIpc) is 3.18. The van der Waals surface area contributed by atoms with Crippen molar-refractivity contribution in [2.75, 3.05) is 27.4 Å². The lowest BCUT2D eigenvalue weighted by atomic mass is 9.95. The van der Waals surface area contributed by atoms with Crippen LogP contribution in [0.4, 0.5) is 0 Å². The van der Waals surface area contributed by atoms with Crippen molar-refractivity contribution in [2.24, 2.45) is 4.99 Å². The number of carbonyl (C=O) groups is 1. The number of nitrogens with zero attached hydrogens (tertiary/aromatic N) is 2. The second-order valence-corrected chi connectivity index (χ2v) is 11.2. The number of hydrogen-bond acceptors (Lipinski definition) is 8. The fourth-order valence-corrected chi connectivity index (χ4v) is 6.54. The van der Waals surface area contributed by atoms with Crippen LogP contribution in [0.2, 0.25) is 0 Å². The molecule has 0 bridgehead atoms. The number of allylic oxidation sites excluding steroid dienone is 1. The zero-order valence-corrected chi connectivity index (χ0v) is 26.0. The number of rotatable bonds is 8. The predicted octanol–water partition coefficient (Wildman–Crippen LogP) is 4.58. The van der Waals surface area contributed by atoms with Crippen LogP contribution in [0.5, 0.6) is 17.2 Å². The van der Waals surface area contributed by atoms with Crippen molar-refractivity contribution in [2.45, 2.75) is 26.8 Å². The Labute approximate surface area is 245 Å². The van der Waals surface area contributed by atoms with Crippen LogP contribution in [0.1, 0.15) is 37.9 Å². The van der Waals surface area contributed by atoms with Crippen molar-refractivity contribution in [3.8, 4) is 17.2 Å². The highest BCUT2D eigenvalue weighted by Crippen LogP contribution is 2.41. The average molecular weight is 713 g/mol. The van der Waals surface area contributed by atoms with Gasteiger partial charge in [-0.2, -0.15) is 0 Å². The Kier molecular flexibility index (Phi) is 8.99. The molecule has 0 radical (unpaired) electrons. The van der Waals surface area contributed by atoms with Gasteiger partial charge in [-0.25, -0.2) is 9.79 Å². The van der Waals surface area contributed by atoms with Gasteiger partial charge in [-0.1, -0.05) is 33.3 Å². The van der Waals surface area contributed by atoms with Crippen molar-refractivity contribution in [3.63, 3.8) is 0 Å². The summed E-state index contributed by atoms with van der Waals surface area (Å²) >= 11 is 7.10. The van der Waals surface area contributed by atoms with Crippen molar-refractivity contribution in [1.82, 2.24) is 4.57 Å². The number of fused-ring (bicyclic) bond motifs is 1. The van der Waals surface area contributed by atoms with E-state index in [-0.39, 0.29) is 17.7 Å². The molecular formula is C27H26BrIN2O6S. The van der Waals surface area contributed by atoms with Crippen LogP contribution in [0.3, 0.4) is 0 Å². The van der Waals surface area contributed by atoms with Gasteiger partial charge in [0.1, 0.15) is 5.75 Å². The first-order valence-electron chi connectivity index (χ1n) is 11.8. The molecule has 1 atom stereocenters. The van der Waals surface area contributed by atoms with Crippen LogP contribution >= 0.6 is 49.9 Å². The maximum absolute atomic E-state index is 13.9. The Bertz CT molecular complexity index is 1610. The lowest BCUT2D eigenvalue weighted by molar-refractivity contribution is -0.139. The van der Waals surface area contributed by atoms with Crippen LogP contribution in [0, 0.1) is 3.57 Å². The normalized spacial score (nSPS) is 15.1. The van der Waals surface area contributed by atoms with E-state index >= 15 is 0 Å². The van der Waals surface area contributed by atoms with E-state index in [1.807, 2.05) is 31.2 Å². The highest BCUT2D eigenvalue weighted by atomic mass is 127. The van der Waals surface area contributed by atoms with Crippen LogP contribution < -0.4 is 29.1 Å². The van der Waals surface area contributed by atoms with E-state index in [1.54, 1.807) is 44.8 Å². The van der Waals surface area contributed by atoms with Gasteiger partial charge in [0.15, 0.2) is 16.3 Å². The molecule has 0 amide bonds. The molecule has 0 saturated heterocycles. The fourth-order valence-electron chi connectivity index (χ4n) is 4.20. The third-order valence-electron chi connectivity index (χ3n) is 5.87. The number of benzene rings is 2. The van der Waals surface area contributed by atoms with Gasteiger partial charge in [-0.3, -0.25) is 9.36 Å². The number of aromatic nitrogens is 1.